The molecule has 146 valence electrons. The number of aryl methyl sites for hydroxylation is 1. The Morgan fingerprint density at radius 3 is 2.71 bits per heavy atom. The van der Waals surface area contributed by atoms with Gasteiger partial charge in [-0.25, -0.2) is 4.98 Å². The molecule has 0 radical (unpaired) electrons. The number of aromatic nitrogens is 1. The highest BCUT2D eigenvalue weighted by molar-refractivity contribution is 7.09. The maximum Gasteiger partial charge on any atom is 0.387 e. The summed E-state index contributed by atoms with van der Waals surface area (Å²) in [4.78, 5) is 16.9. The van der Waals surface area contributed by atoms with Gasteiger partial charge in [-0.2, -0.15) is 8.78 Å². The van der Waals surface area contributed by atoms with E-state index in [2.05, 4.69) is 15.0 Å². The highest BCUT2D eigenvalue weighted by Gasteiger charge is 2.15. The van der Waals surface area contributed by atoms with E-state index in [4.69, 9.17) is 16.3 Å². The van der Waals surface area contributed by atoms with Crippen molar-refractivity contribution in [3.63, 3.8) is 0 Å². The van der Waals surface area contributed by atoms with Crippen molar-refractivity contribution in [3.8, 4) is 11.5 Å². The van der Waals surface area contributed by atoms with Crippen molar-refractivity contribution < 1.29 is 23.0 Å². The molecule has 0 saturated carbocycles. The average Bonchev–Trinajstić information content (AvgIpc) is 3.07. The van der Waals surface area contributed by atoms with Crippen LogP contribution in [-0.4, -0.2) is 17.5 Å². The van der Waals surface area contributed by atoms with E-state index in [1.54, 1.807) is 24.3 Å². The van der Waals surface area contributed by atoms with E-state index in [1.165, 1.54) is 29.5 Å². The van der Waals surface area contributed by atoms with Gasteiger partial charge in [0.1, 0.15) is 18.1 Å². The molecule has 0 atom stereocenters. The van der Waals surface area contributed by atoms with Crippen molar-refractivity contribution in [2.75, 3.05) is 5.32 Å². The van der Waals surface area contributed by atoms with Crippen molar-refractivity contribution >= 4 is 34.5 Å². The van der Waals surface area contributed by atoms with Crippen LogP contribution in [0.4, 0.5) is 14.5 Å². The predicted molar refractivity (Wildman–Crippen MR) is 104 cm³/mol. The van der Waals surface area contributed by atoms with Crippen molar-refractivity contribution in [2.45, 2.75) is 20.1 Å². The Labute approximate surface area is 168 Å². The third-order valence-electron chi connectivity index (χ3n) is 3.58. The molecule has 0 aliphatic carbocycles. The van der Waals surface area contributed by atoms with E-state index < -0.39 is 12.5 Å². The first-order valence-electron chi connectivity index (χ1n) is 8.11. The molecule has 3 rings (SSSR count). The molecule has 0 fully saturated rings. The van der Waals surface area contributed by atoms with Crippen molar-refractivity contribution in [1.29, 1.82) is 0 Å². The second-order valence-corrected chi connectivity index (χ2v) is 7.09. The van der Waals surface area contributed by atoms with Crippen LogP contribution in [0.25, 0.3) is 0 Å². The fraction of sp³-hybridized carbons (Fsp3) is 0.158. The summed E-state index contributed by atoms with van der Waals surface area (Å²) in [5.74, 6) is -0.199. The highest BCUT2D eigenvalue weighted by atomic mass is 35.5. The van der Waals surface area contributed by atoms with Gasteiger partial charge in [0.05, 0.1) is 21.3 Å². The molecule has 2 aromatic carbocycles. The number of hydrogen-bond donors (Lipinski definition) is 1. The van der Waals surface area contributed by atoms with Gasteiger partial charge in [-0.3, -0.25) is 4.79 Å². The topological polar surface area (TPSA) is 60.5 Å². The monoisotopic (exact) mass is 424 g/mol. The number of carbonyl (C=O) groups excluding carboxylic acids is 1. The minimum Gasteiger partial charge on any atom is -0.486 e. The molecule has 1 heterocycles. The molecule has 1 aromatic heterocycles. The molecule has 1 N–H and O–H groups in total. The lowest BCUT2D eigenvalue weighted by atomic mass is 10.2. The summed E-state index contributed by atoms with van der Waals surface area (Å²) in [5.41, 5.74) is 1.43. The van der Waals surface area contributed by atoms with E-state index in [1.807, 2.05) is 12.3 Å². The first-order valence-corrected chi connectivity index (χ1v) is 9.36. The summed E-state index contributed by atoms with van der Waals surface area (Å²) in [5, 5.41) is 5.45. The number of ether oxygens (including phenoxy) is 2. The highest BCUT2D eigenvalue weighted by Crippen LogP contribution is 2.29. The van der Waals surface area contributed by atoms with Gasteiger partial charge in [0, 0.05) is 11.1 Å². The lowest BCUT2D eigenvalue weighted by Gasteiger charge is -2.12. The molecule has 0 aliphatic rings. The lowest BCUT2D eigenvalue weighted by Crippen LogP contribution is -2.14. The zero-order chi connectivity index (χ0) is 20.1. The molecule has 28 heavy (non-hydrogen) atoms. The van der Waals surface area contributed by atoms with E-state index in [0.717, 1.165) is 10.7 Å². The van der Waals surface area contributed by atoms with Gasteiger partial charge in [-0.1, -0.05) is 23.7 Å². The Balaban J connectivity index is 1.71. The van der Waals surface area contributed by atoms with Gasteiger partial charge in [-0.05, 0) is 37.3 Å². The van der Waals surface area contributed by atoms with Gasteiger partial charge in [0.15, 0.2) is 0 Å². The smallest absolute Gasteiger partial charge is 0.387 e. The first-order chi connectivity index (χ1) is 13.4. The minimum atomic E-state index is -2.98. The molecule has 9 heteroatoms. The van der Waals surface area contributed by atoms with Crippen LogP contribution in [0.3, 0.4) is 0 Å². The minimum absolute atomic E-state index is 0.0402. The molecule has 0 saturated heterocycles. The molecular formula is C19H15ClF2N2O3S. The van der Waals surface area contributed by atoms with Crippen molar-refractivity contribution in [2.24, 2.45) is 0 Å². The molecule has 0 bridgehead atoms. The van der Waals surface area contributed by atoms with E-state index in [-0.39, 0.29) is 17.4 Å². The maximum atomic E-state index is 12.6. The maximum absolute atomic E-state index is 12.6. The van der Waals surface area contributed by atoms with E-state index in [9.17, 15) is 13.6 Å². The number of amides is 1. The SMILES string of the molecule is Cc1nc(COc2ccccc2C(=O)Nc2ccc(OC(F)F)c(Cl)c2)cs1. The van der Waals surface area contributed by atoms with Crippen LogP contribution in [0, 0.1) is 6.92 Å². The normalized spacial score (nSPS) is 10.8. The molecule has 0 spiro atoms. The van der Waals surface area contributed by atoms with Crippen LogP contribution in [0.5, 0.6) is 11.5 Å². The molecule has 3 aromatic rings. The van der Waals surface area contributed by atoms with E-state index in [0.29, 0.717) is 17.0 Å². The van der Waals surface area contributed by atoms with Gasteiger partial charge in [0.25, 0.3) is 5.91 Å². The molecule has 5 nitrogen and oxygen atoms in total. The number of rotatable bonds is 7. The Kier molecular flexibility index (Phi) is 6.43. The third kappa shape index (κ3) is 5.17. The Bertz CT molecular complexity index is 981. The second kappa shape index (κ2) is 8.99. The molecule has 0 unspecified atom stereocenters. The van der Waals surface area contributed by atoms with Crippen LogP contribution in [-0.2, 0) is 6.61 Å². The zero-order valence-corrected chi connectivity index (χ0v) is 16.2. The number of thiazole rings is 1. The van der Waals surface area contributed by atoms with E-state index >= 15 is 0 Å². The Morgan fingerprint density at radius 2 is 2.04 bits per heavy atom. The largest absolute Gasteiger partial charge is 0.486 e. The van der Waals surface area contributed by atoms with Gasteiger partial charge in [-0.15, -0.1) is 11.3 Å². The van der Waals surface area contributed by atoms with Crippen LogP contribution in [0.15, 0.2) is 47.8 Å². The lowest BCUT2D eigenvalue weighted by molar-refractivity contribution is -0.0497. The first kappa shape index (κ1) is 20.0. The zero-order valence-electron chi connectivity index (χ0n) is 14.6. The number of halogens is 3. The van der Waals surface area contributed by atoms with Crippen LogP contribution < -0.4 is 14.8 Å². The van der Waals surface area contributed by atoms with Gasteiger partial charge in [0.2, 0.25) is 0 Å². The van der Waals surface area contributed by atoms with Crippen molar-refractivity contribution in [3.05, 3.63) is 69.1 Å². The number of nitrogens with zero attached hydrogens (tertiary/aromatic N) is 1. The summed E-state index contributed by atoms with van der Waals surface area (Å²) >= 11 is 7.43. The second-order valence-electron chi connectivity index (χ2n) is 5.62. The number of hydrogen-bond acceptors (Lipinski definition) is 5. The molecule has 1 amide bonds. The third-order valence-corrected chi connectivity index (χ3v) is 4.70. The van der Waals surface area contributed by atoms with Gasteiger partial charge < -0.3 is 14.8 Å². The summed E-state index contributed by atoms with van der Waals surface area (Å²) in [6.07, 6.45) is 0. The van der Waals surface area contributed by atoms with Crippen LogP contribution in [0.2, 0.25) is 5.02 Å². The van der Waals surface area contributed by atoms with Crippen LogP contribution >= 0.6 is 22.9 Å². The van der Waals surface area contributed by atoms with Crippen molar-refractivity contribution in [1.82, 2.24) is 4.98 Å². The fourth-order valence-electron chi connectivity index (χ4n) is 2.37. The Hall–Kier alpha value is -2.71. The quantitative estimate of drug-likeness (QED) is 0.541. The molecule has 0 aliphatic heterocycles. The summed E-state index contributed by atoms with van der Waals surface area (Å²) in [6.45, 7) is -0.846. The summed E-state index contributed by atoms with van der Waals surface area (Å²) in [7, 11) is 0. The predicted octanol–water partition coefficient (Wildman–Crippen LogP) is 5.54. The van der Waals surface area contributed by atoms with Crippen LogP contribution in [0.1, 0.15) is 21.1 Å². The van der Waals surface area contributed by atoms with Gasteiger partial charge >= 0.3 is 6.61 Å². The average molecular weight is 425 g/mol. The summed E-state index contributed by atoms with van der Waals surface area (Å²) < 4.78 is 34.6. The standard InChI is InChI=1S/C19H15ClF2N2O3S/c1-11-23-13(10-28-11)9-26-16-5-3-2-4-14(16)18(25)24-12-6-7-17(15(20)8-12)27-19(21)22/h2-8,10,19H,9H2,1H3,(H,24,25). The number of carbonyl (C=O) groups is 1. The number of nitrogens with one attached hydrogen (secondary N) is 1. The summed E-state index contributed by atoms with van der Waals surface area (Å²) in [6, 6.07) is 10.8. The Morgan fingerprint density at radius 1 is 1.25 bits per heavy atom. The number of benzene rings is 2. The number of para-hydroxylation sites is 1. The number of anilines is 1. The molecular weight excluding hydrogens is 410 g/mol. The number of alkyl halides is 2. The fourth-order valence-corrected chi connectivity index (χ4v) is 3.20.